The van der Waals surface area contributed by atoms with Crippen molar-refractivity contribution in [3.8, 4) is 0 Å². The first kappa shape index (κ1) is 20.8. The molecule has 1 aliphatic rings. The van der Waals surface area contributed by atoms with E-state index in [1.54, 1.807) is 13.8 Å². The zero-order valence-electron chi connectivity index (χ0n) is 15.0. The maximum atomic E-state index is 10.7. The summed E-state index contributed by atoms with van der Waals surface area (Å²) in [5, 5.41) is 15.0. The molecule has 0 spiro atoms. The van der Waals surface area contributed by atoms with Crippen LogP contribution in [0.5, 0.6) is 0 Å². The Kier molecular flexibility index (Phi) is 6.27. The predicted molar refractivity (Wildman–Crippen MR) is 87.8 cm³/mol. The molecule has 0 aromatic rings. The van der Waals surface area contributed by atoms with Gasteiger partial charge in [-0.3, -0.25) is 4.84 Å². The van der Waals surface area contributed by atoms with Gasteiger partial charge in [-0.05, 0) is 54.4 Å². The van der Waals surface area contributed by atoms with E-state index in [1.165, 1.54) is 0 Å². The van der Waals surface area contributed by atoms with Crippen molar-refractivity contribution in [3.05, 3.63) is 0 Å². The fraction of sp³-hybridized carbons (Fsp3) is 1.00. The van der Waals surface area contributed by atoms with E-state index in [-0.39, 0.29) is 30.3 Å². The quantitative estimate of drug-likeness (QED) is 0.655. The second-order valence-electron chi connectivity index (χ2n) is 8.33. The van der Waals surface area contributed by atoms with Gasteiger partial charge in [-0.15, -0.1) is 0 Å². The summed E-state index contributed by atoms with van der Waals surface area (Å²) in [4.78, 5) is 5.89. The molecule has 1 aliphatic heterocycles. The normalized spacial score (nSPS) is 23.1. The minimum atomic E-state index is -4.19. The standard InChI is InChI=1S/C15H32N2O5S/c1-13(2)9-12(16-7-8-23(19,20)21)10-14(3,4)17(13)22-11-15(5,6)18/h12,16,18H,7-11H2,1-6H3,(H,19,20,21)/p-1. The lowest BCUT2D eigenvalue weighted by Crippen LogP contribution is -2.64. The molecule has 0 bridgehead atoms. The predicted octanol–water partition coefficient (Wildman–Crippen LogP) is 0.845. The van der Waals surface area contributed by atoms with Gasteiger partial charge in [-0.2, -0.15) is 5.06 Å². The van der Waals surface area contributed by atoms with Crippen molar-refractivity contribution < 1.29 is 22.9 Å². The highest BCUT2D eigenvalue weighted by Crippen LogP contribution is 2.38. The molecule has 23 heavy (non-hydrogen) atoms. The summed E-state index contributed by atoms with van der Waals surface area (Å²) in [6, 6.07) is 0.101. The number of rotatable bonds is 7. The van der Waals surface area contributed by atoms with Crippen LogP contribution in [-0.2, 0) is 15.0 Å². The average Bonchev–Trinajstić information content (AvgIpc) is 2.21. The summed E-state index contributed by atoms with van der Waals surface area (Å²) in [5.74, 6) is -0.400. The van der Waals surface area contributed by atoms with E-state index in [1.807, 2.05) is 5.06 Å². The Bertz CT molecular complexity index is 478. The van der Waals surface area contributed by atoms with E-state index in [2.05, 4.69) is 33.0 Å². The van der Waals surface area contributed by atoms with Crippen LogP contribution in [0.25, 0.3) is 0 Å². The van der Waals surface area contributed by atoms with Gasteiger partial charge in [0.15, 0.2) is 0 Å². The van der Waals surface area contributed by atoms with Gasteiger partial charge < -0.3 is 15.0 Å². The van der Waals surface area contributed by atoms with Crippen LogP contribution >= 0.6 is 0 Å². The van der Waals surface area contributed by atoms with E-state index < -0.39 is 21.5 Å². The molecule has 7 nitrogen and oxygen atoms in total. The molecule has 0 unspecified atom stereocenters. The van der Waals surface area contributed by atoms with Gasteiger partial charge in [0.05, 0.1) is 28.1 Å². The van der Waals surface area contributed by atoms with Crippen LogP contribution in [0.2, 0.25) is 0 Å². The Morgan fingerprint density at radius 3 is 2.13 bits per heavy atom. The first-order valence-corrected chi connectivity index (χ1v) is 9.53. The van der Waals surface area contributed by atoms with Crippen molar-refractivity contribution in [1.29, 1.82) is 0 Å². The largest absolute Gasteiger partial charge is 0.748 e. The van der Waals surface area contributed by atoms with Crippen LogP contribution in [-0.4, -0.2) is 64.8 Å². The van der Waals surface area contributed by atoms with Crippen molar-refractivity contribution in [3.63, 3.8) is 0 Å². The Morgan fingerprint density at radius 1 is 1.26 bits per heavy atom. The van der Waals surface area contributed by atoms with E-state index in [0.717, 1.165) is 12.8 Å². The van der Waals surface area contributed by atoms with Crippen molar-refractivity contribution in [2.75, 3.05) is 18.9 Å². The summed E-state index contributed by atoms with van der Waals surface area (Å²) in [7, 11) is -4.19. The van der Waals surface area contributed by atoms with Gasteiger partial charge in [-0.1, -0.05) is 0 Å². The van der Waals surface area contributed by atoms with Gasteiger partial charge in [0.2, 0.25) is 0 Å². The summed E-state index contributed by atoms with van der Waals surface area (Å²) < 4.78 is 32.1. The Morgan fingerprint density at radius 2 is 1.74 bits per heavy atom. The monoisotopic (exact) mass is 351 g/mol. The number of hydrogen-bond acceptors (Lipinski definition) is 7. The van der Waals surface area contributed by atoms with E-state index in [9.17, 15) is 18.1 Å². The molecule has 0 saturated carbocycles. The fourth-order valence-corrected chi connectivity index (χ4v) is 3.74. The van der Waals surface area contributed by atoms with E-state index in [0.29, 0.717) is 0 Å². The smallest absolute Gasteiger partial charge is 0.0967 e. The number of aliphatic hydroxyl groups is 1. The molecule has 0 aromatic heterocycles. The third kappa shape index (κ3) is 7.03. The lowest BCUT2D eigenvalue weighted by molar-refractivity contribution is -0.299. The molecule has 0 atom stereocenters. The third-order valence-corrected chi connectivity index (χ3v) is 4.63. The van der Waals surface area contributed by atoms with Crippen LogP contribution in [0.3, 0.4) is 0 Å². The molecule has 1 heterocycles. The number of nitrogens with zero attached hydrogens (tertiary/aromatic N) is 1. The summed E-state index contributed by atoms with van der Waals surface area (Å²) >= 11 is 0. The molecule has 0 aliphatic carbocycles. The molecule has 2 N–H and O–H groups in total. The fourth-order valence-electron chi connectivity index (χ4n) is 3.37. The molecular weight excluding hydrogens is 320 g/mol. The van der Waals surface area contributed by atoms with Crippen LogP contribution in [0, 0.1) is 0 Å². The second-order valence-corrected chi connectivity index (χ2v) is 9.85. The Balaban J connectivity index is 2.71. The lowest BCUT2D eigenvalue weighted by Gasteiger charge is -2.54. The summed E-state index contributed by atoms with van der Waals surface area (Å²) in [6.07, 6.45) is 1.50. The number of nitrogens with one attached hydrogen (secondary N) is 1. The zero-order valence-corrected chi connectivity index (χ0v) is 15.9. The highest BCUT2D eigenvalue weighted by molar-refractivity contribution is 7.85. The molecule has 8 heteroatoms. The molecule has 1 rings (SSSR count). The van der Waals surface area contributed by atoms with Crippen LogP contribution in [0.1, 0.15) is 54.4 Å². The third-order valence-electron chi connectivity index (χ3n) is 3.92. The maximum absolute atomic E-state index is 10.7. The van der Waals surface area contributed by atoms with Crippen molar-refractivity contribution in [2.45, 2.75) is 77.1 Å². The van der Waals surface area contributed by atoms with Gasteiger partial charge in [0, 0.05) is 23.7 Å². The SMILES string of the molecule is CC(C)(O)CON1C(C)(C)CC(NCCS(=O)(=O)[O-])CC1(C)C. The van der Waals surface area contributed by atoms with E-state index >= 15 is 0 Å². The molecule has 0 radical (unpaired) electrons. The Labute approximate surface area is 140 Å². The van der Waals surface area contributed by atoms with Crippen molar-refractivity contribution >= 4 is 10.1 Å². The molecule has 0 amide bonds. The zero-order chi connectivity index (χ0) is 18.1. The van der Waals surface area contributed by atoms with Gasteiger partial charge in [0.1, 0.15) is 0 Å². The van der Waals surface area contributed by atoms with Crippen LogP contribution < -0.4 is 5.32 Å². The average molecular weight is 351 g/mol. The summed E-state index contributed by atoms with van der Waals surface area (Å²) in [6.45, 7) is 12.0. The molecule has 138 valence electrons. The second kappa shape index (κ2) is 6.93. The topological polar surface area (TPSA) is 102 Å². The Hall–Kier alpha value is -0.250. The van der Waals surface area contributed by atoms with Crippen LogP contribution in [0.15, 0.2) is 0 Å². The molecule has 1 fully saturated rings. The highest BCUT2D eigenvalue weighted by Gasteiger charge is 2.46. The van der Waals surface area contributed by atoms with Gasteiger partial charge in [0.25, 0.3) is 0 Å². The number of piperidine rings is 1. The molecule has 0 aromatic carbocycles. The van der Waals surface area contributed by atoms with Gasteiger partial charge >= 0.3 is 0 Å². The number of hydrogen-bond donors (Lipinski definition) is 2. The maximum Gasteiger partial charge on any atom is 0.0967 e. The number of hydroxylamine groups is 2. The molecular formula is C15H31N2O5S-. The highest BCUT2D eigenvalue weighted by atomic mass is 32.2. The lowest BCUT2D eigenvalue weighted by atomic mass is 9.79. The van der Waals surface area contributed by atoms with E-state index in [4.69, 9.17) is 4.84 Å². The first-order valence-electron chi connectivity index (χ1n) is 7.95. The molecule has 1 saturated heterocycles. The summed E-state index contributed by atoms with van der Waals surface area (Å²) in [5.41, 5.74) is -1.49. The van der Waals surface area contributed by atoms with Crippen molar-refractivity contribution in [1.82, 2.24) is 10.4 Å². The van der Waals surface area contributed by atoms with Crippen LogP contribution in [0.4, 0.5) is 0 Å². The van der Waals surface area contributed by atoms with Crippen molar-refractivity contribution in [2.24, 2.45) is 0 Å². The minimum absolute atomic E-state index is 0.101. The minimum Gasteiger partial charge on any atom is -0.748 e. The first-order chi connectivity index (χ1) is 10.1. The van der Waals surface area contributed by atoms with Gasteiger partial charge in [-0.25, -0.2) is 8.42 Å².